The van der Waals surface area contributed by atoms with Gasteiger partial charge in [-0.2, -0.15) is 0 Å². The van der Waals surface area contributed by atoms with Crippen LogP contribution in [-0.2, 0) is 9.59 Å². The maximum atomic E-state index is 12.8. The van der Waals surface area contributed by atoms with E-state index in [1.54, 1.807) is 27.7 Å². The quantitative estimate of drug-likeness (QED) is 0.211. The molecular weight excluding hydrogens is 476 g/mol. The summed E-state index contributed by atoms with van der Waals surface area (Å²) < 4.78 is 0. The largest absolute Gasteiger partial charge is 0.392 e. The van der Waals surface area contributed by atoms with E-state index >= 15 is 0 Å². The summed E-state index contributed by atoms with van der Waals surface area (Å²) >= 11 is 2.47. The van der Waals surface area contributed by atoms with Crippen molar-refractivity contribution >= 4 is 33.8 Å². The second-order valence-corrected chi connectivity index (χ2v) is 12.4. The van der Waals surface area contributed by atoms with Crippen LogP contribution >= 0.6 is 23.5 Å². The number of hydrogen-bond donors (Lipinski definition) is 4. The predicted molar refractivity (Wildman–Crippen MR) is 142 cm³/mol. The first-order valence-corrected chi connectivity index (χ1v) is 14.1. The van der Waals surface area contributed by atoms with Gasteiger partial charge in [0, 0.05) is 62.1 Å². The molecule has 10 heteroatoms. The van der Waals surface area contributed by atoms with Gasteiger partial charge in [-0.15, -0.1) is 0 Å². The van der Waals surface area contributed by atoms with Crippen LogP contribution in [0.1, 0.15) is 54.9 Å². The number of carbonyl (C=O) groups is 2. The van der Waals surface area contributed by atoms with Gasteiger partial charge in [0.1, 0.15) is 0 Å². The minimum absolute atomic E-state index is 0.0336. The van der Waals surface area contributed by atoms with Crippen molar-refractivity contribution in [3.63, 3.8) is 0 Å². The first kappa shape index (κ1) is 33.8. The summed E-state index contributed by atoms with van der Waals surface area (Å²) in [6.07, 6.45) is -1.57. The zero-order valence-corrected chi connectivity index (χ0v) is 23.7. The van der Waals surface area contributed by atoms with Gasteiger partial charge in [-0.3, -0.25) is 19.4 Å². The van der Waals surface area contributed by atoms with Crippen LogP contribution in [0.2, 0.25) is 0 Å². The molecule has 0 aromatic heterocycles. The van der Waals surface area contributed by atoms with Crippen LogP contribution in [0, 0.1) is 11.3 Å². The fourth-order valence-electron chi connectivity index (χ4n) is 3.82. The topological polar surface area (TPSA) is 122 Å². The van der Waals surface area contributed by atoms with Gasteiger partial charge in [0.25, 0.3) is 0 Å². The van der Waals surface area contributed by atoms with Gasteiger partial charge in [-0.05, 0) is 34.1 Å². The lowest BCUT2D eigenvalue weighted by atomic mass is 9.85. The second kappa shape index (κ2) is 17.3. The van der Waals surface area contributed by atoms with Gasteiger partial charge in [0.05, 0.1) is 24.4 Å². The highest BCUT2D eigenvalue weighted by Crippen LogP contribution is 2.33. The molecule has 0 bridgehead atoms. The SMILES string of the molecule is CC(O)CN(CCSC(=O)C(C)CC(C)(C)C(=O)SCCN(CC(C)O)CC(C)O)CC(C)O. The van der Waals surface area contributed by atoms with E-state index in [2.05, 4.69) is 0 Å². The second-order valence-electron chi connectivity index (χ2n) is 10.2. The molecule has 0 rings (SSSR count). The smallest absolute Gasteiger partial charge is 0.194 e. The molecule has 5 atom stereocenters. The molecule has 0 amide bonds. The molecule has 0 spiro atoms. The van der Waals surface area contributed by atoms with Gasteiger partial charge in [0.2, 0.25) is 0 Å². The molecule has 0 fully saturated rings. The average molecular weight is 525 g/mol. The molecule has 0 heterocycles. The summed E-state index contributed by atoms with van der Waals surface area (Å²) in [5.41, 5.74) is -0.648. The average Bonchev–Trinajstić information content (AvgIpc) is 2.65. The molecule has 0 radical (unpaired) electrons. The lowest BCUT2D eigenvalue weighted by molar-refractivity contribution is -0.120. The molecule has 8 nitrogen and oxygen atoms in total. The predicted octanol–water partition coefficient (Wildman–Crippen LogP) is 1.69. The van der Waals surface area contributed by atoms with E-state index in [0.29, 0.717) is 57.2 Å². The van der Waals surface area contributed by atoms with E-state index in [1.165, 1.54) is 23.5 Å². The number of aliphatic hydroxyl groups is 4. The summed E-state index contributed by atoms with van der Waals surface area (Å²) in [6, 6.07) is 0. The molecule has 4 N–H and O–H groups in total. The van der Waals surface area contributed by atoms with Gasteiger partial charge < -0.3 is 20.4 Å². The molecule has 0 aliphatic carbocycles. The van der Waals surface area contributed by atoms with Crippen LogP contribution in [0.15, 0.2) is 0 Å². The highest BCUT2D eigenvalue weighted by Gasteiger charge is 2.32. The van der Waals surface area contributed by atoms with Crippen molar-refractivity contribution in [2.75, 3.05) is 50.8 Å². The van der Waals surface area contributed by atoms with Crippen molar-refractivity contribution in [1.29, 1.82) is 0 Å². The zero-order chi connectivity index (χ0) is 26.5. The number of hydrogen-bond acceptors (Lipinski definition) is 10. The van der Waals surface area contributed by atoms with E-state index in [-0.39, 0.29) is 16.1 Å². The third-order valence-electron chi connectivity index (χ3n) is 5.15. The van der Waals surface area contributed by atoms with Crippen LogP contribution in [0.4, 0.5) is 0 Å². The Balaban J connectivity index is 4.58. The van der Waals surface area contributed by atoms with Gasteiger partial charge in [-0.1, -0.05) is 44.3 Å². The normalized spacial score (nSPS) is 17.0. The van der Waals surface area contributed by atoms with Gasteiger partial charge in [-0.25, -0.2) is 0 Å². The van der Waals surface area contributed by atoms with E-state index in [9.17, 15) is 30.0 Å². The van der Waals surface area contributed by atoms with E-state index in [4.69, 9.17) is 0 Å². The van der Waals surface area contributed by atoms with Crippen LogP contribution in [-0.4, -0.2) is 116 Å². The van der Waals surface area contributed by atoms with E-state index < -0.39 is 29.8 Å². The summed E-state index contributed by atoms with van der Waals surface area (Å²) in [5, 5.41) is 38.6. The molecule has 0 saturated carbocycles. The van der Waals surface area contributed by atoms with Crippen molar-refractivity contribution < 1.29 is 30.0 Å². The Bertz CT molecular complexity index is 568. The number of rotatable bonds is 18. The summed E-state index contributed by atoms with van der Waals surface area (Å²) in [4.78, 5) is 29.4. The van der Waals surface area contributed by atoms with Crippen molar-refractivity contribution in [1.82, 2.24) is 9.80 Å². The molecule has 0 saturated heterocycles. The Kier molecular flexibility index (Phi) is 17.2. The highest BCUT2D eigenvalue weighted by molar-refractivity contribution is 8.14. The first-order chi connectivity index (χ1) is 15.6. The molecule has 202 valence electrons. The number of nitrogens with zero attached hydrogens (tertiary/aromatic N) is 2. The van der Waals surface area contributed by atoms with Crippen LogP contribution in [0.25, 0.3) is 0 Å². The van der Waals surface area contributed by atoms with Crippen molar-refractivity contribution in [2.24, 2.45) is 11.3 Å². The lowest BCUT2D eigenvalue weighted by Gasteiger charge is -2.27. The van der Waals surface area contributed by atoms with Crippen LogP contribution < -0.4 is 0 Å². The van der Waals surface area contributed by atoms with E-state index in [0.717, 1.165) is 0 Å². The molecule has 5 unspecified atom stereocenters. The summed E-state index contributed by atoms with van der Waals surface area (Å²) in [6.45, 7) is 15.3. The maximum absolute atomic E-state index is 12.8. The maximum Gasteiger partial charge on any atom is 0.194 e. The Morgan fingerprint density at radius 3 is 1.41 bits per heavy atom. The third-order valence-corrected chi connectivity index (χ3v) is 7.43. The summed E-state index contributed by atoms with van der Waals surface area (Å²) in [5.74, 6) is 0.850. The monoisotopic (exact) mass is 524 g/mol. The Morgan fingerprint density at radius 2 is 1.06 bits per heavy atom. The van der Waals surface area contributed by atoms with Crippen LogP contribution in [0.3, 0.4) is 0 Å². The Labute approximate surface area is 214 Å². The van der Waals surface area contributed by atoms with Gasteiger partial charge >= 0.3 is 0 Å². The molecule has 0 aliphatic heterocycles. The standard InChI is InChI=1S/C24H48N2O6S2/c1-17(22(31)33-10-8-25(13-18(2)27)14-19(3)28)12-24(6,7)23(32)34-11-9-26(15-20(4)29)16-21(5)30/h17-21,27-30H,8-16H2,1-7H3. The number of thioether (sulfide) groups is 2. The molecule has 34 heavy (non-hydrogen) atoms. The van der Waals surface area contributed by atoms with Crippen LogP contribution in [0.5, 0.6) is 0 Å². The molecule has 0 aliphatic rings. The molecular formula is C24H48N2O6S2. The highest BCUT2D eigenvalue weighted by atomic mass is 32.2. The van der Waals surface area contributed by atoms with Crippen molar-refractivity contribution in [3.05, 3.63) is 0 Å². The third kappa shape index (κ3) is 16.5. The minimum Gasteiger partial charge on any atom is -0.392 e. The fourth-order valence-corrected chi connectivity index (χ4v) is 5.75. The van der Waals surface area contributed by atoms with Gasteiger partial charge in [0.15, 0.2) is 10.2 Å². The fraction of sp³-hybridized carbons (Fsp3) is 0.917. The number of carbonyl (C=O) groups excluding carboxylic acids is 2. The minimum atomic E-state index is -0.648. The first-order valence-electron chi connectivity index (χ1n) is 12.1. The van der Waals surface area contributed by atoms with Crippen molar-refractivity contribution in [2.45, 2.75) is 79.3 Å². The zero-order valence-electron chi connectivity index (χ0n) is 22.1. The Morgan fingerprint density at radius 1 is 0.706 bits per heavy atom. The molecule has 0 aromatic carbocycles. The Hall–Kier alpha value is -0.200. The lowest BCUT2D eigenvalue weighted by Crippen LogP contribution is -2.38. The summed E-state index contributed by atoms with van der Waals surface area (Å²) in [7, 11) is 0. The van der Waals surface area contributed by atoms with Crippen molar-refractivity contribution in [3.8, 4) is 0 Å². The number of aliphatic hydroxyl groups excluding tert-OH is 4. The molecule has 0 aromatic rings. The van der Waals surface area contributed by atoms with E-state index in [1.807, 2.05) is 30.6 Å².